The van der Waals surface area contributed by atoms with E-state index in [1.807, 2.05) is 0 Å². The fraction of sp³-hybridized carbons (Fsp3) is 0.625. The van der Waals surface area contributed by atoms with E-state index in [1.165, 1.54) is 5.56 Å². The summed E-state index contributed by atoms with van der Waals surface area (Å²) in [5.41, 5.74) is 1.35. The molecule has 19 heavy (non-hydrogen) atoms. The number of methoxy groups -OCH3 is 1. The predicted molar refractivity (Wildman–Crippen MR) is 81.4 cm³/mol. The monoisotopic (exact) mass is 264 g/mol. The first-order valence-electron chi connectivity index (χ1n) is 7.18. The lowest BCUT2D eigenvalue weighted by atomic mass is 9.99. The van der Waals surface area contributed by atoms with Gasteiger partial charge in [0.15, 0.2) is 0 Å². The molecular formula is C16H28N2O. The van der Waals surface area contributed by atoms with Crippen LogP contribution in [-0.2, 0) is 4.74 Å². The number of benzene rings is 1. The second-order valence-electron chi connectivity index (χ2n) is 5.06. The molecule has 0 amide bonds. The van der Waals surface area contributed by atoms with Crippen molar-refractivity contribution >= 4 is 0 Å². The fourth-order valence-corrected chi connectivity index (χ4v) is 2.22. The highest BCUT2D eigenvalue weighted by Crippen LogP contribution is 2.20. The van der Waals surface area contributed by atoms with Gasteiger partial charge in [-0.05, 0) is 32.5 Å². The van der Waals surface area contributed by atoms with Crippen LogP contribution < -0.4 is 5.32 Å². The van der Waals surface area contributed by atoms with Gasteiger partial charge in [0.25, 0.3) is 0 Å². The first kappa shape index (κ1) is 16.2. The van der Waals surface area contributed by atoms with Gasteiger partial charge in [-0.3, -0.25) is 4.90 Å². The normalized spacial score (nSPS) is 14.6. The molecule has 0 aliphatic rings. The summed E-state index contributed by atoms with van der Waals surface area (Å²) in [6.07, 6.45) is 1.15. The van der Waals surface area contributed by atoms with Crippen LogP contribution >= 0.6 is 0 Å². The van der Waals surface area contributed by atoms with Gasteiger partial charge in [0.2, 0.25) is 0 Å². The van der Waals surface area contributed by atoms with Crippen molar-refractivity contribution in [1.82, 2.24) is 10.2 Å². The lowest BCUT2D eigenvalue weighted by Crippen LogP contribution is -2.42. The average molecular weight is 264 g/mol. The lowest BCUT2D eigenvalue weighted by Gasteiger charge is -2.33. The van der Waals surface area contributed by atoms with Gasteiger partial charge in [0, 0.05) is 25.7 Å². The zero-order valence-electron chi connectivity index (χ0n) is 12.7. The van der Waals surface area contributed by atoms with Crippen LogP contribution in [0.1, 0.15) is 31.9 Å². The number of nitrogens with zero attached hydrogens (tertiary/aromatic N) is 1. The summed E-state index contributed by atoms with van der Waals surface area (Å²) in [5, 5.41) is 3.66. The van der Waals surface area contributed by atoms with Crippen LogP contribution in [0.25, 0.3) is 0 Å². The van der Waals surface area contributed by atoms with E-state index in [0.717, 1.165) is 26.1 Å². The molecule has 2 unspecified atom stereocenters. The van der Waals surface area contributed by atoms with E-state index >= 15 is 0 Å². The first-order chi connectivity index (χ1) is 9.20. The Balaban J connectivity index is 2.72. The van der Waals surface area contributed by atoms with Crippen LogP contribution in [0.15, 0.2) is 30.3 Å². The van der Waals surface area contributed by atoms with Crippen LogP contribution in [0, 0.1) is 0 Å². The van der Waals surface area contributed by atoms with E-state index in [2.05, 4.69) is 61.4 Å². The smallest absolute Gasteiger partial charge is 0.0589 e. The molecule has 2 atom stereocenters. The second-order valence-corrected chi connectivity index (χ2v) is 5.06. The third-order valence-electron chi connectivity index (χ3n) is 3.60. The molecule has 1 N–H and O–H groups in total. The van der Waals surface area contributed by atoms with Crippen LogP contribution in [-0.4, -0.2) is 44.8 Å². The van der Waals surface area contributed by atoms with Crippen LogP contribution in [0.5, 0.6) is 0 Å². The van der Waals surface area contributed by atoms with Gasteiger partial charge >= 0.3 is 0 Å². The Bertz CT molecular complexity index is 329. The largest absolute Gasteiger partial charge is 0.383 e. The van der Waals surface area contributed by atoms with Gasteiger partial charge in [0.05, 0.1) is 6.61 Å². The number of hydrogen-bond donors (Lipinski definition) is 1. The molecule has 3 heteroatoms. The quantitative estimate of drug-likeness (QED) is 0.742. The summed E-state index contributed by atoms with van der Waals surface area (Å²) in [7, 11) is 3.91. The van der Waals surface area contributed by atoms with Crippen molar-refractivity contribution in [3.05, 3.63) is 35.9 Å². The van der Waals surface area contributed by atoms with Crippen LogP contribution in [0.3, 0.4) is 0 Å². The molecule has 1 aromatic rings. The maximum absolute atomic E-state index is 5.17. The highest BCUT2D eigenvalue weighted by Gasteiger charge is 2.21. The zero-order valence-corrected chi connectivity index (χ0v) is 12.7. The van der Waals surface area contributed by atoms with E-state index in [0.29, 0.717) is 12.1 Å². The highest BCUT2D eigenvalue weighted by molar-refractivity contribution is 5.20. The molecule has 0 fully saturated rings. The van der Waals surface area contributed by atoms with E-state index in [-0.39, 0.29) is 0 Å². The minimum Gasteiger partial charge on any atom is -0.383 e. The standard InChI is InChI=1S/C16H28N2O/c1-5-11-17-16(15-9-7-6-8-10-15)14(2)18(3)12-13-19-4/h6-10,14,16-17H,5,11-13H2,1-4H3. The fourth-order valence-electron chi connectivity index (χ4n) is 2.22. The van der Waals surface area contributed by atoms with Crippen molar-refractivity contribution in [2.24, 2.45) is 0 Å². The van der Waals surface area contributed by atoms with Crippen molar-refractivity contribution in [2.75, 3.05) is 33.9 Å². The predicted octanol–water partition coefficient (Wildman–Crippen LogP) is 2.69. The van der Waals surface area contributed by atoms with Crippen molar-refractivity contribution in [2.45, 2.75) is 32.4 Å². The third-order valence-corrected chi connectivity index (χ3v) is 3.60. The molecule has 0 aliphatic carbocycles. The molecule has 108 valence electrons. The Kier molecular flexibility index (Phi) is 7.72. The molecule has 1 rings (SSSR count). The summed E-state index contributed by atoms with van der Waals surface area (Å²) in [6.45, 7) is 7.25. The van der Waals surface area contributed by atoms with Crippen molar-refractivity contribution < 1.29 is 4.74 Å². The number of rotatable bonds is 9. The molecule has 0 heterocycles. The molecule has 1 aromatic carbocycles. The molecule has 0 aliphatic heterocycles. The molecule has 0 saturated heterocycles. The van der Waals surface area contributed by atoms with Gasteiger partial charge in [-0.1, -0.05) is 37.3 Å². The topological polar surface area (TPSA) is 24.5 Å². The maximum Gasteiger partial charge on any atom is 0.0589 e. The summed E-state index contributed by atoms with van der Waals surface area (Å²) < 4.78 is 5.17. The van der Waals surface area contributed by atoms with Crippen LogP contribution in [0.2, 0.25) is 0 Å². The van der Waals surface area contributed by atoms with Gasteiger partial charge < -0.3 is 10.1 Å². The second kappa shape index (κ2) is 9.08. The third kappa shape index (κ3) is 5.31. The molecule has 0 saturated carbocycles. The first-order valence-corrected chi connectivity index (χ1v) is 7.18. The van der Waals surface area contributed by atoms with Crippen molar-refractivity contribution in [3.63, 3.8) is 0 Å². The Morgan fingerprint density at radius 1 is 1.26 bits per heavy atom. The van der Waals surface area contributed by atoms with Crippen molar-refractivity contribution in [1.29, 1.82) is 0 Å². The van der Waals surface area contributed by atoms with Crippen molar-refractivity contribution in [3.8, 4) is 0 Å². The Morgan fingerprint density at radius 2 is 1.95 bits per heavy atom. The summed E-state index contributed by atoms with van der Waals surface area (Å²) in [6, 6.07) is 11.5. The molecular weight excluding hydrogens is 236 g/mol. The molecule has 3 nitrogen and oxygen atoms in total. The molecule has 0 spiro atoms. The number of ether oxygens (including phenoxy) is 1. The zero-order chi connectivity index (χ0) is 14.1. The SMILES string of the molecule is CCCNC(c1ccccc1)C(C)N(C)CCOC. The maximum atomic E-state index is 5.17. The minimum absolute atomic E-state index is 0.364. The highest BCUT2D eigenvalue weighted by atomic mass is 16.5. The van der Waals surface area contributed by atoms with Gasteiger partial charge in [0.1, 0.15) is 0 Å². The minimum atomic E-state index is 0.364. The summed E-state index contributed by atoms with van der Waals surface area (Å²) in [5.74, 6) is 0. The summed E-state index contributed by atoms with van der Waals surface area (Å²) >= 11 is 0. The molecule has 0 aromatic heterocycles. The van der Waals surface area contributed by atoms with Gasteiger partial charge in [-0.25, -0.2) is 0 Å². The number of hydrogen-bond acceptors (Lipinski definition) is 3. The van der Waals surface area contributed by atoms with Gasteiger partial charge in [-0.2, -0.15) is 0 Å². The Hall–Kier alpha value is -0.900. The van der Waals surface area contributed by atoms with Crippen LogP contribution in [0.4, 0.5) is 0 Å². The van der Waals surface area contributed by atoms with E-state index in [1.54, 1.807) is 7.11 Å². The molecule has 0 bridgehead atoms. The summed E-state index contributed by atoms with van der Waals surface area (Å²) in [4.78, 5) is 2.35. The van der Waals surface area contributed by atoms with E-state index in [9.17, 15) is 0 Å². The Labute approximate surface area is 118 Å². The Morgan fingerprint density at radius 3 is 2.53 bits per heavy atom. The molecule has 0 radical (unpaired) electrons. The number of nitrogens with one attached hydrogen (secondary N) is 1. The number of likely N-dealkylation sites (N-methyl/N-ethyl adjacent to an activating group) is 1. The van der Waals surface area contributed by atoms with Gasteiger partial charge in [-0.15, -0.1) is 0 Å². The van der Waals surface area contributed by atoms with E-state index < -0.39 is 0 Å². The van der Waals surface area contributed by atoms with E-state index in [4.69, 9.17) is 4.74 Å². The average Bonchev–Trinajstić information content (AvgIpc) is 2.46. The lowest BCUT2D eigenvalue weighted by molar-refractivity contribution is 0.129.